The number of nitrogens with two attached hydrogens (primary N) is 1. The number of allylic oxidation sites excluding steroid dienone is 2. The van der Waals surface area contributed by atoms with Gasteiger partial charge in [-0.05, 0) is 87.9 Å². The Bertz CT molecular complexity index is 1600. The van der Waals surface area contributed by atoms with E-state index in [1.54, 1.807) is 19.1 Å². The molecule has 0 heterocycles. The highest BCUT2D eigenvalue weighted by Crippen LogP contribution is 2.57. The minimum Gasteiger partial charge on any atom is -0.508 e. The Morgan fingerprint density at radius 1 is 1.08 bits per heavy atom. The lowest BCUT2D eigenvalue weighted by Crippen LogP contribution is -2.71. The molecule has 11 nitrogen and oxygen atoms in total. The Hall–Kier alpha value is -3.96. The van der Waals surface area contributed by atoms with E-state index in [4.69, 9.17) is 10.5 Å². The average molecular weight is 665 g/mol. The highest BCUT2D eigenvalue weighted by atomic mass is 16.5. The fraction of sp³-hybridized carbons (Fsp3) is 0.568. The van der Waals surface area contributed by atoms with Gasteiger partial charge < -0.3 is 30.9 Å². The van der Waals surface area contributed by atoms with E-state index in [0.29, 0.717) is 23.3 Å². The summed E-state index contributed by atoms with van der Waals surface area (Å²) >= 11 is 0. The van der Waals surface area contributed by atoms with Crippen molar-refractivity contribution in [3.05, 3.63) is 58.4 Å². The number of aromatic hydroxyl groups is 1. The van der Waals surface area contributed by atoms with Crippen LogP contribution in [0, 0.1) is 35.5 Å². The van der Waals surface area contributed by atoms with E-state index in [2.05, 4.69) is 13.8 Å². The van der Waals surface area contributed by atoms with Crippen LogP contribution >= 0.6 is 0 Å². The highest BCUT2D eigenvalue weighted by molar-refractivity contribution is 6.24. The van der Waals surface area contributed by atoms with Gasteiger partial charge in [0.1, 0.15) is 28.9 Å². The summed E-state index contributed by atoms with van der Waals surface area (Å²) in [5.41, 5.74) is 1.62. The van der Waals surface area contributed by atoms with E-state index in [-0.39, 0.29) is 29.2 Å². The molecule has 6 N–H and O–H groups in total. The number of hydrogen-bond acceptors (Lipinski definition) is 10. The molecule has 5 rings (SSSR count). The molecule has 9 atom stereocenters. The number of aliphatic hydroxyl groups excluding tert-OH is 2. The average Bonchev–Trinajstić information content (AvgIpc) is 2.98. The molecule has 2 saturated carbocycles. The van der Waals surface area contributed by atoms with Crippen LogP contribution in [-0.2, 0) is 23.9 Å². The van der Waals surface area contributed by atoms with Gasteiger partial charge in [-0.1, -0.05) is 45.1 Å². The van der Waals surface area contributed by atoms with Gasteiger partial charge in [-0.2, -0.15) is 0 Å². The fourth-order valence-electron chi connectivity index (χ4n) is 9.34. The van der Waals surface area contributed by atoms with Crippen LogP contribution in [0.4, 0.5) is 0 Å². The van der Waals surface area contributed by atoms with Crippen LogP contribution in [0.1, 0.15) is 76.8 Å². The van der Waals surface area contributed by atoms with Gasteiger partial charge in [0.2, 0.25) is 5.78 Å². The van der Waals surface area contributed by atoms with Gasteiger partial charge in [0.25, 0.3) is 5.91 Å². The summed E-state index contributed by atoms with van der Waals surface area (Å²) in [6.07, 6.45) is 6.49. The summed E-state index contributed by atoms with van der Waals surface area (Å²) in [6, 6.07) is 3.17. The molecule has 1 aromatic rings. The molecular formula is C37H48N2O9. The molecule has 4 aliphatic rings. The van der Waals surface area contributed by atoms with Gasteiger partial charge in [0, 0.05) is 11.5 Å². The number of rotatable bonds is 8. The van der Waals surface area contributed by atoms with E-state index in [9.17, 15) is 39.6 Å². The predicted octanol–water partition coefficient (Wildman–Crippen LogP) is 4.09. The van der Waals surface area contributed by atoms with Crippen molar-refractivity contribution >= 4 is 29.2 Å². The second-order valence-electron chi connectivity index (χ2n) is 14.8. The number of fused-ring (bicyclic) bond motifs is 3. The molecule has 0 aliphatic heterocycles. The molecule has 2 fully saturated rings. The Morgan fingerprint density at radius 3 is 2.31 bits per heavy atom. The quantitative estimate of drug-likeness (QED) is 0.154. The second kappa shape index (κ2) is 13.2. The minimum absolute atomic E-state index is 0.0162. The van der Waals surface area contributed by atoms with Gasteiger partial charge in [0.15, 0.2) is 11.4 Å². The maximum absolute atomic E-state index is 14.4. The molecule has 0 radical (unpaired) electrons. The molecule has 260 valence electrons. The number of phenols is 1. The number of esters is 1. The summed E-state index contributed by atoms with van der Waals surface area (Å²) in [6.45, 7) is 8.12. The van der Waals surface area contributed by atoms with E-state index < -0.39 is 76.0 Å². The largest absolute Gasteiger partial charge is 0.508 e. The zero-order chi connectivity index (χ0) is 35.4. The van der Waals surface area contributed by atoms with Crippen molar-refractivity contribution < 1.29 is 44.3 Å². The molecule has 48 heavy (non-hydrogen) atoms. The lowest BCUT2D eigenvalue weighted by molar-refractivity contribution is -0.185. The van der Waals surface area contributed by atoms with Gasteiger partial charge in [-0.25, -0.2) is 0 Å². The fourth-order valence-corrected chi connectivity index (χ4v) is 9.34. The van der Waals surface area contributed by atoms with E-state index in [1.165, 1.54) is 31.5 Å². The molecule has 1 aromatic carbocycles. The second-order valence-corrected chi connectivity index (χ2v) is 14.8. The SMILES string of the molecule is C/C=C\C(CC(=O)O[C@H]1[C@@H]2C(=C(O)c3c(O)cccc3[C@@H]2C)C(=O)[C@@]2(O)C(O)=C(C(N)=O)C(=O)[C@H](N(C)C)[C@@H]12)CC1CC(C)CC(C)C1. The molecule has 0 bridgehead atoms. The number of Topliss-reactive ketones (excluding diaryl/α,β-unsaturated/α-hetero) is 2. The Labute approximate surface area is 281 Å². The lowest BCUT2D eigenvalue weighted by atomic mass is 9.54. The third kappa shape index (κ3) is 5.74. The molecule has 11 heteroatoms. The Balaban J connectivity index is 1.63. The monoisotopic (exact) mass is 664 g/mol. The number of carbonyl (C=O) groups excluding carboxylic acids is 4. The standard InChI is InChI=1S/C37H48N2O9/c1-7-9-20(15-21-13-17(2)12-18(3)14-21)16-24(41)48-33-25-19(4)22-10-8-11-23(40)26(22)31(42)27(25)34(44)37(47)29(33)30(39(5)6)32(43)28(35(37)45)36(38)46/h7-11,17-21,25,29-30,33,40,42,45,47H,12-16H2,1-6H3,(H2,38,46)/b9-7-/t17?,18?,19-,20?,21?,25-,29-,30+,33-,37+/m0/s1. The van der Waals surface area contributed by atoms with E-state index >= 15 is 0 Å². The zero-order valence-corrected chi connectivity index (χ0v) is 28.5. The number of carbonyl (C=O) groups is 4. The molecule has 0 aromatic heterocycles. The molecule has 4 aliphatic carbocycles. The third-order valence-corrected chi connectivity index (χ3v) is 11.0. The van der Waals surface area contributed by atoms with E-state index in [0.717, 1.165) is 19.3 Å². The number of primary amides is 1. The predicted molar refractivity (Wildman–Crippen MR) is 177 cm³/mol. The first-order valence-corrected chi connectivity index (χ1v) is 16.8. The van der Waals surface area contributed by atoms with Crippen LogP contribution in [0.5, 0.6) is 5.75 Å². The summed E-state index contributed by atoms with van der Waals surface area (Å²) in [4.78, 5) is 56.1. The first kappa shape index (κ1) is 35.3. The number of phenolic OH excluding ortho intramolecular Hbond substituents is 1. The van der Waals surface area contributed by atoms with Crippen molar-refractivity contribution in [2.24, 2.45) is 41.2 Å². The Morgan fingerprint density at radius 2 is 1.73 bits per heavy atom. The maximum atomic E-state index is 14.4. The van der Waals surface area contributed by atoms with Crippen LogP contribution < -0.4 is 5.73 Å². The number of hydrogen-bond donors (Lipinski definition) is 5. The number of nitrogens with zero attached hydrogens (tertiary/aromatic N) is 1. The third-order valence-electron chi connectivity index (χ3n) is 11.0. The summed E-state index contributed by atoms with van der Waals surface area (Å²) in [7, 11) is 3.00. The Kier molecular flexibility index (Phi) is 9.69. The summed E-state index contributed by atoms with van der Waals surface area (Å²) in [5.74, 6) is -8.22. The minimum atomic E-state index is -2.98. The maximum Gasteiger partial charge on any atom is 0.306 e. The van der Waals surface area contributed by atoms with Crippen molar-refractivity contribution in [1.29, 1.82) is 0 Å². The first-order chi connectivity index (χ1) is 22.5. The van der Waals surface area contributed by atoms with Crippen LogP contribution in [0.15, 0.2) is 47.3 Å². The van der Waals surface area contributed by atoms with Crippen LogP contribution in [0.25, 0.3) is 5.76 Å². The molecule has 0 spiro atoms. The summed E-state index contributed by atoms with van der Waals surface area (Å²) in [5, 5.41) is 46.0. The van der Waals surface area contributed by atoms with Crippen molar-refractivity contribution in [3.8, 4) is 5.75 Å². The highest BCUT2D eigenvalue weighted by Gasteiger charge is 2.69. The summed E-state index contributed by atoms with van der Waals surface area (Å²) < 4.78 is 6.27. The van der Waals surface area contributed by atoms with Crippen molar-refractivity contribution in [1.82, 2.24) is 4.90 Å². The number of amides is 1. The van der Waals surface area contributed by atoms with E-state index in [1.807, 2.05) is 19.1 Å². The topological polar surface area (TPSA) is 188 Å². The van der Waals surface area contributed by atoms with Gasteiger partial charge >= 0.3 is 5.97 Å². The van der Waals surface area contributed by atoms with Crippen molar-refractivity contribution in [2.75, 3.05) is 14.1 Å². The molecule has 1 amide bonds. The first-order valence-electron chi connectivity index (χ1n) is 16.8. The van der Waals surface area contributed by atoms with Crippen molar-refractivity contribution in [3.63, 3.8) is 0 Å². The van der Waals surface area contributed by atoms with Crippen LogP contribution in [0.2, 0.25) is 0 Å². The van der Waals surface area contributed by atoms with Crippen LogP contribution in [-0.4, -0.2) is 80.6 Å². The van der Waals surface area contributed by atoms with Gasteiger partial charge in [0.05, 0.1) is 23.9 Å². The van der Waals surface area contributed by atoms with Gasteiger partial charge in [-0.3, -0.25) is 24.1 Å². The van der Waals surface area contributed by atoms with Crippen molar-refractivity contribution in [2.45, 2.75) is 83.5 Å². The van der Waals surface area contributed by atoms with Crippen LogP contribution in [0.3, 0.4) is 0 Å². The smallest absolute Gasteiger partial charge is 0.306 e. The number of benzene rings is 1. The number of likely N-dealkylation sites (N-methyl/N-ethyl adjacent to an activating group) is 1. The molecule has 0 saturated heterocycles. The number of ketones is 2. The molecular weight excluding hydrogens is 616 g/mol. The number of ether oxygens (including phenoxy) is 1. The zero-order valence-electron chi connectivity index (χ0n) is 28.5. The van der Waals surface area contributed by atoms with Gasteiger partial charge in [-0.15, -0.1) is 0 Å². The molecule has 3 unspecified atom stereocenters. The normalized spacial score (nSPS) is 34.2. The lowest BCUT2D eigenvalue weighted by Gasteiger charge is -2.54. The number of aliphatic hydroxyl groups is 3.